The third-order valence-electron chi connectivity index (χ3n) is 3.42. The highest BCUT2D eigenvalue weighted by atomic mass is 32.2. The smallest absolute Gasteiger partial charge is 0.317 e. The zero-order valence-corrected chi connectivity index (χ0v) is 12.6. The summed E-state index contributed by atoms with van der Waals surface area (Å²) in [6.07, 6.45) is 1.23. The number of carbonyl (C=O) groups excluding carboxylic acids is 1. The van der Waals surface area contributed by atoms with Crippen LogP contribution in [0.1, 0.15) is 26.7 Å². The van der Waals surface area contributed by atoms with Crippen LogP contribution in [-0.4, -0.2) is 61.1 Å². The van der Waals surface area contributed by atoms with Crippen LogP contribution in [0.5, 0.6) is 0 Å². The number of sulfone groups is 1. The maximum atomic E-state index is 12.0. The van der Waals surface area contributed by atoms with Crippen LogP contribution in [0.4, 0.5) is 4.79 Å². The van der Waals surface area contributed by atoms with Gasteiger partial charge in [-0.25, -0.2) is 13.2 Å². The number of nitrogens with one attached hydrogen (secondary N) is 1. The molecule has 1 heterocycles. The molecule has 7 nitrogen and oxygen atoms in total. The van der Waals surface area contributed by atoms with Crippen molar-refractivity contribution in [3.63, 3.8) is 0 Å². The van der Waals surface area contributed by atoms with Gasteiger partial charge in [0.25, 0.3) is 0 Å². The first-order chi connectivity index (χ1) is 9.26. The Bertz CT molecular complexity index is 462. The van der Waals surface area contributed by atoms with Gasteiger partial charge in [0.05, 0.1) is 17.4 Å². The Hall–Kier alpha value is -1.31. The van der Waals surface area contributed by atoms with Gasteiger partial charge in [-0.1, -0.05) is 13.3 Å². The number of hydrogen-bond acceptors (Lipinski definition) is 4. The number of nitrogens with zero attached hydrogens (tertiary/aromatic N) is 1. The van der Waals surface area contributed by atoms with Gasteiger partial charge in [-0.05, 0) is 13.3 Å². The van der Waals surface area contributed by atoms with Crippen molar-refractivity contribution >= 4 is 21.8 Å². The van der Waals surface area contributed by atoms with E-state index in [1.807, 2.05) is 6.92 Å². The summed E-state index contributed by atoms with van der Waals surface area (Å²) in [4.78, 5) is 24.4. The summed E-state index contributed by atoms with van der Waals surface area (Å²) < 4.78 is 22.9. The summed E-state index contributed by atoms with van der Waals surface area (Å²) in [7, 11) is -3.07. The molecule has 1 aliphatic heterocycles. The van der Waals surface area contributed by atoms with Gasteiger partial charge >= 0.3 is 12.0 Å². The predicted octanol–water partition coefficient (Wildman–Crippen LogP) is 0.316. The number of urea groups is 1. The van der Waals surface area contributed by atoms with E-state index in [2.05, 4.69) is 5.32 Å². The Morgan fingerprint density at radius 3 is 2.60 bits per heavy atom. The van der Waals surface area contributed by atoms with Crippen LogP contribution in [0.15, 0.2) is 0 Å². The summed E-state index contributed by atoms with van der Waals surface area (Å²) >= 11 is 0. The second kappa shape index (κ2) is 6.92. The Balaban J connectivity index is 2.52. The topological polar surface area (TPSA) is 104 Å². The molecule has 2 unspecified atom stereocenters. The fourth-order valence-corrected chi connectivity index (χ4v) is 3.83. The minimum Gasteiger partial charge on any atom is -0.481 e. The molecule has 0 saturated carbocycles. The second-order valence-corrected chi connectivity index (χ2v) is 7.40. The molecule has 2 N–H and O–H groups in total. The Morgan fingerprint density at radius 1 is 1.45 bits per heavy atom. The Morgan fingerprint density at radius 2 is 2.10 bits per heavy atom. The molecule has 0 bridgehead atoms. The average Bonchev–Trinajstić information content (AvgIpc) is 2.32. The van der Waals surface area contributed by atoms with Crippen molar-refractivity contribution in [3.05, 3.63) is 0 Å². The van der Waals surface area contributed by atoms with Gasteiger partial charge in [0.2, 0.25) is 0 Å². The second-order valence-electron chi connectivity index (χ2n) is 5.17. The van der Waals surface area contributed by atoms with E-state index in [1.165, 1.54) is 4.90 Å². The summed E-state index contributed by atoms with van der Waals surface area (Å²) in [5.74, 6) is -1.62. The Labute approximate surface area is 119 Å². The maximum absolute atomic E-state index is 12.0. The quantitative estimate of drug-likeness (QED) is 0.761. The van der Waals surface area contributed by atoms with Crippen molar-refractivity contribution in [3.8, 4) is 0 Å². The Kier molecular flexibility index (Phi) is 5.79. The zero-order chi connectivity index (χ0) is 15.3. The molecule has 1 rings (SSSR count). The number of carboxylic acid groups (broad SMARTS) is 1. The maximum Gasteiger partial charge on any atom is 0.317 e. The molecule has 0 aromatic heterocycles. The average molecular weight is 306 g/mol. The van der Waals surface area contributed by atoms with Gasteiger partial charge in [0.1, 0.15) is 0 Å². The van der Waals surface area contributed by atoms with Crippen molar-refractivity contribution in [2.45, 2.75) is 32.7 Å². The van der Waals surface area contributed by atoms with E-state index in [1.54, 1.807) is 6.92 Å². The first-order valence-corrected chi connectivity index (χ1v) is 8.56. The molecular weight excluding hydrogens is 284 g/mol. The van der Waals surface area contributed by atoms with Crippen LogP contribution in [0.3, 0.4) is 0 Å². The number of aliphatic carboxylic acids is 1. The number of hydrogen-bond donors (Lipinski definition) is 2. The molecule has 0 aromatic carbocycles. The van der Waals surface area contributed by atoms with Gasteiger partial charge in [0, 0.05) is 19.1 Å². The van der Waals surface area contributed by atoms with Crippen molar-refractivity contribution in [2.24, 2.45) is 5.92 Å². The first-order valence-electron chi connectivity index (χ1n) is 6.74. The normalized spacial score (nSPS) is 23.1. The van der Waals surface area contributed by atoms with E-state index in [0.717, 1.165) is 6.42 Å². The van der Waals surface area contributed by atoms with Crippen LogP contribution in [0.25, 0.3) is 0 Å². The molecule has 116 valence electrons. The minimum atomic E-state index is -3.07. The van der Waals surface area contributed by atoms with Crippen molar-refractivity contribution < 1.29 is 23.1 Å². The summed E-state index contributed by atoms with van der Waals surface area (Å²) in [6.45, 7) is 3.78. The van der Waals surface area contributed by atoms with Crippen LogP contribution >= 0.6 is 0 Å². The van der Waals surface area contributed by atoms with E-state index in [-0.39, 0.29) is 30.6 Å². The molecule has 0 aromatic rings. The number of amides is 2. The van der Waals surface area contributed by atoms with Gasteiger partial charge in [-0.2, -0.15) is 0 Å². The van der Waals surface area contributed by atoms with Gasteiger partial charge in [-0.3, -0.25) is 4.79 Å². The van der Waals surface area contributed by atoms with Crippen LogP contribution in [0.2, 0.25) is 0 Å². The standard InChI is InChI=1S/C12H22N2O5S/c1-3-4-10(11(15)16)7-13-12(17)14-5-6-20(18,19)8-9(14)2/h9-10H,3-8H2,1-2H3,(H,13,17)(H,15,16). The molecular formula is C12H22N2O5S. The fourth-order valence-electron chi connectivity index (χ4n) is 2.27. The molecule has 20 heavy (non-hydrogen) atoms. The summed E-state index contributed by atoms with van der Waals surface area (Å²) in [6, 6.07) is -0.780. The molecule has 0 radical (unpaired) electrons. The largest absolute Gasteiger partial charge is 0.481 e. The molecule has 1 aliphatic rings. The lowest BCUT2D eigenvalue weighted by molar-refractivity contribution is -0.141. The van der Waals surface area contributed by atoms with E-state index in [4.69, 9.17) is 5.11 Å². The van der Waals surface area contributed by atoms with Crippen LogP contribution < -0.4 is 5.32 Å². The molecule has 2 amide bonds. The number of rotatable bonds is 5. The third-order valence-corrected chi connectivity index (χ3v) is 5.21. The molecule has 0 aliphatic carbocycles. The zero-order valence-electron chi connectivity index (χ0n) is 11.8. The molecule has 1 fully saturated rings. The van der Waals surface area contributed by atoms with Gasteiger partial charge in [0.15, 0.2) is 9.84 Å². The summed E-state index contributed by atoms with van der Waals surface area (Å²) in [5.41, 5.74) is 0. The highest BCUT2D eigenvalue weighted by molar-refractivity contribution is 7.91. The lowest BCUT2D eigenvalue weighted by atomic mass is 10.0. The summed E-state index contributed by atoms with van der Waals surface area (Å²) in [5, 5.41) is 11.6. The van der Waals surface area contributed by atoms with Gasteiger partial charge < -0.3 is 15.3 Å². The molecule has 0 spiro atoms. The van der Waals surface area contributed by atoms with Crippen molar-refractivity contribution in [2.75, 3.05) is 24.6 Å². The third kappa shape index (κ3) is 4.66. The highest BCUT2D eigenvalue weighted by Gasteiger charge is 2.31. The lowest BCUT2D eigenvalue weighted by Crippen LogP contribution is -2.54. The van der Waals surface area contributed by atoms with Crippen molar-refractivity contribution in [1.29, 1.82) is 0 Å². The predicted molar refractivity (Wildman–Crippen MR) is 74.3 cm³/mol. The SMILES string of the molecule is CCCC(CNC(=O)N1CCS(=O)(=O)CC1C)C(=O)O. The first kappa shape index (κ1) is 16.7. The lowest BCUT2D eigenvalue weighted by Gasteiger charge is -2.33. The monoisotopic (exact) mass is 306 g/mol. The number of carbonyl (C=O) groups is 2. The van der Waals surface area contributed by atoms with Crippen LogP contribution in [-0.2, 0) is 14.6 Å². The molecule has 1 saturated heterocycles. The van der Waals surface area contributed by atoms with Crippen molar-refractivity contribution in [1.82, 2.24) is 10.2 Å². The van der Waals surface area contributed by atoms with Gasteiger partial charge in [-0.15, -0.1) is 0 Å². The molecule has 8 heteroatoms. The van der Waals surface area contributed by atoms with E-state index in [9.17, 15) is 18.0 Å². The van der Waals surface area contributed by atoms with E-state index >= 15 is 0 Å². The van der Waals surface area contributed by atoms with E-state index < -0.39 is 27.8 Å². The minimum absolute atomic E-state index is 0.0396. The fraction of sp³-hybridized carbons (Fsp3) is 0.833. The van der Waals surface area contributed by atoms with Crippen LogP contribution in [0, 0.1) is 5.92 Å². The van der Waals surface area contributed by atoms with E-state index in [0.29, 0.717) is 6.42 Å². The highest BCUT2D eigenvalue weighted by Crippen LogP contribution is 2.12. The number of carboxylic acids is 1. The molecule has 2 atom stereocenters.